The van der Waals surface area contributed by atoms with Gasteiger partial charge >= 0.3 is 0 Å². The third-order valence-electron chi connectivity index (χ3n) is 4.09. The largest absolute Gasteiger partial charge is 0.356 e. The van der Waals surface area contributed by atoms with Crippen molar-refractivity contribution in [1.29, 1.82) is 0 Å². The quantitative estimate of drug-likeness (QED) is 0.728. The molecule has 94 valence electrons. The van der Waals surface area contributed by atoms with Crippen LogP contribution in [0, 0.1) is 11.3 Å². The molecule has 3 nitrogen and oxygen atoms in total. The number of rotatable bonds is 6. The summed E-state index contributed by atoms with van der Waals surface area (Å²) in [4.78, 5) is 11.9. The van der Waals surface area contributed by atoms with E-state index in [-0.39, 0.29) is 11.3 Å². The lowest BCUT2D eigenvalue weighted by molar-refractivity contribution is -0.129. The van der Waals surface area contributed by atoms with E-state index in [1.807, 2.05) is 13.8 Å². The fraction of sp³-hybridized carbons (Fsp3) is 0.923. The Kier molecular flexibility index (Phi) is 5.26. The molecule has 1 rings (SSSR count). The summed E-state index contributed by atoms with van der Waals surface area (Å²) in [6, 6.07) is 0. The van der Waals surface area contributed by atoms with Gasteiger partial charge in [0.05, 0.1) is 5.41 Å². The minimum atomic E-state index is -0.379. The summed E-state index contributed by atoms with van der Waals surface area (Å²) < 4.78 is 0. The maximum atomic E-state index is 11.9. The van der Waals surface area contributed by atoms with Gasteiger partial charge in [-0.25, -0.2) is 0 Å². The van der Waals surface area contributed by atoms with Crippen molar-refractivity contribution in [1.82, 2.24) is 5.32 Å². The van der Waals surface area contributed by atoms with Gasteiger partial charge in [0.2, 0.25) is 5.91 Å². The first-order chi connectivity index (χ1) is 7.62. The van der Waals surface area contributed by atoms with E-state index in [9.17, 15) is 4.79 Å². The molecule has 0 aliphatic heterocycles. The second kappa shape index (κ2) is 6.24. The lowest BCUT2D eigenvalue weighted by Crippen LogP contribution is -2.44. The Bertz CT molecular complexity index is 218. The molecule has 0 spiro atoms. The Morgan fingerprint density at radius 3 is 2.56 bits per heavy atom. The SMILES string of the molecule is CCC(C)(CN)C(=O)NCCC1CCCC1. The van der Waals surface area contributed by atoms with Gasteiger partial charge in [0, 0.05) is 13.1 Å². The first kappa shape index (κ1) is 13.5. The van der Waals surface area contributed by atoms with Crippen molar-refractivity contribution in [2.75, 3.05) is 13.1 Å². The average molecular weight is 226 g/mol. The van der Waals surface area contributed by atoms with Gasteiger partial charge in [0.1, 0.15) is 0 Å². The smallest absolute Gasteiger partial charge is 0.227 e. The molecule has 0 saturated heterocycles. The van der Waals surface area contributed by atoms with Crippen LogP contribution in [0.5, 0.6) is 0 Å². The third kappa shape index (κ3) is 3.48. The van der Waals surface area contributed by atoms with Crippen LogP contribution in [0.3, 0.4) is 0 Å². The van der Waals surface area contributed by atoms with E-state index in [4.69, 9.17) is 5.73 Å². The van der Waals surface area contributed by atoms with Gasteiger partial charge in [-0.05, 0) is 25.7 Å². The second-order valence-corrected chi connectivity index (χ2v) is 5.31. The molecule has 3 N–H and O–H groups in total. The molecule has 0 aromatic carbocycles. The van der Waals surface area contributed by atoms with Crippen LogP contribution >= 0.6 is 0 Å². The zero-order chi connectivity index (χ0) is 12.0. The molecule has 1 saturated carbocycles. The number of hydrogen-bond acceptors (Lipinski definition) is 2. The Balaban J connectivity index is 2.23. The van der Waals surface area contributed by atoms with Crippen molar-refractivity contribution in [3.63, 3.8) is 0 Å². The fourth-order valence-corrected chi connectivity index (χ4v) is 2.30. The number of nitrogens with one attached hydrogen (secondary N) is 1. The molecule has 0 heterocycles. The molecular formula is C13H26N2O. The maximum Gasteiger partial charge on any atom is 0.227 e. The highest BCUT2D eigenvalue weighted by Crippen LogP contribution is 2.27. The Labute approximate surface area is 99.2 Å². The van der Waals surface area contributed by atoms with E-state index in [0.717, 1.165) is 25.3 Å². The lowest BCUT2D eigenvalue weighted by Gasteiger charge is -2.25. The van der Waals surface area contributed by atoms with Gasteiger partial charge in [-0.3, -0.25) is 4.79 Å². The molecule has 1 atom stereocenters. The monoisotopic (exact) mass is 226 g/mol. The zero-order valence-corrected chi connectivity index (χ0v) is 10.7. The van der Waals surface area contributed by atoms with Gasteiger partial charge in [-0.15, -0.1) is 0 Å². The molecule has 1 fully saturated rings. The Morgan fingerprint density at radius 2 is 2.06 bits per heavy atom. The topological polar surface area (TPSA) is 55.1 Å². The Hall–Kier alpha value is -0.570. The molecule has 0 aromatic heterocycles. The van der Waals surface area contributed by atoms with Gasteiger partial charge in [0.25, 0.3) is 0 Å². The summed E-state index contributed by atoms with van der Waals surface area (Å²) in [6.45, 7) is 5.21. The summed E-state index contributed by atoms with van der Waals surface area (Å²) in [6.07, 6.45) is 7.37. The van der Waals surface area contributed by atoms with Crippen LogP contribution in [0.15, 0.2) is 0 Å². The predicted molar refractivity (Wildman–Crippen MR) is 67.0 cm³/mol. The normalized spacial score (nSPS) is 20.7. The van der Waals surface area contributed by atoms with Crippen molar-refractivity contribution in [2.45, 2.75) is 52.4 Å². The number of nitrogens with two attached hydrogens (primary N) is 1. The van der Waals surface area contributed by atoms with Crippen molar-refractivity contribution < 1.29 is 4.79 Å². The molecule has 1 amide bonds. The van der Waals surface area contributed by atoms with Crippen LogP contribution < -0.4 is 11.1 Å². The molecule has 16 heavy (non-hydrogen) atoms. The summed E-state index contributed by atoms with van der Waals surface area (Å²) in [7, 11) is 0. The first-order valence-corrected chi connectivity index (χ1v) is 6.60. The van der Waals surface area contributed by atoms with E-state index in [1.165, 1.54) is 25.7 Å². The first-order valence-electron chi connectivity index (χ1n) is 6.60. The number of hydrogen-bond donors (Lipinski definition) is 2. The van der Waals surface area contributed by atoms with Gasteiger partial charge < -0.3 is 11.1 Å². The van der Waals surface area contributed by atoms with Crippen molar-refractivity contribution in [3.05, 3.63) is 0 Å². The molecular weight excluding hydrogens is 200 g/mol. The van der Waals surface area contributed by atoms with Crippen LogP contribution in [0.1, 0.15) is 52.4 Å². The minimum Gasteiger partial charge on any atom is -0.356 e. The van der Waals surface area contributed by atoms with Gasteiger partial charge in [0.15, 0.2) is 0 Å². The highest BCUT2D eigenvalue weighted by molar-refractivity contribution is 5.82. The van der Waals surface area contributed by atoms with Crippen molar-refractivity contribution in [3.8, 4) is 0 Å². The van der Waals surface area contributed by atoms with Gasteiger partial charge in [-0.2, -0.15) is 0 Å². The lowest BCUT2D eigenvalue weighted by atomic mass is 9.86. The molecule has 1 unspecified atom stereocenters. The maximum absolute atomic E-state index is 11.9. The van der Waals surface area contributed by atoms with E-state index in [1.54, 1.807) is 0 Å². The van der Waals surface area contributed by atoms with E-state index >= 15 is 0 Å². The van der Waals surface area contributed by atoms with Crippen LogP contribution in [-0.2, 0) is 4.79 Å². The fourth-order valence-electron chi connectivity index (χ4n) is 2.30. The molecule has 1 aliphatic rings. The summed E-state index contributed by atoms with van der Waals surface area (Å²) in [5.74, 6) is 0.960. The van der Waals surface area contributed by atoms with Gasteiger partial charge in [-0.1, -0.05) is 32.6 Å². The van der Waals surface area contributed by atoms with Crippen LogP contribution in [0.2, 0.25) is 0 Å². The van der Waals surface area contributed by atoms with Crippen LogP contribution in [0.4, 0.5) is 0 Å². The highest BCUT2D eigenvalue weighted by atomic mass is 16.2. The number of amides is 1. The summed E-state index contributed by atoms with van der Waals surface area (Å²) in [5.41, 5.74) is 5.27. The third-order valence-corrected chi connectivity index (χ3v) is 4.09. The van der Waals surface area contributed by atoms with E-state index in [0.29, 0.717) is 6.54 Å². The van der Waals surface area contributed by atoms with E-state index < -0.39 is 0 Å². The van der Waals surface area contributed by atoms with Crippen molar-refractivity contribution in [2.24, 2.45) is 17.1 Å². The standard InChI is InChI=1S/C13H26N2O/c1-3-13(2,10-14)12(16)15-9-8-11-6-4-5-7-11/h11H,3-10,14H2,1-2H3,(H,15,16). The van der Waals surface area contributed by atoms with Crippen LogP contribution in [-0.4, -0.2) is 19.0 Å². The van der Waals surface area contributed by atoms with Crippen LogP contribution in [0.25, 0.3) is 0 Å². The number of carbonyl (C=O) groups is 1. The summed E-state index contributed by atoms with van der Waals surface area (Å²) in [5, 5.41) is 3.03. The minimum absolute atomic E-state index is 0.121. The Morgan fingerprint density at radius 1 is 1.44 bits per heavy atom. The average Bonchev–Trinajstić information content (AvgIpc) is 2.80. The molecule has 0 radical (unpaired) electrons. The summed E-state index contributed by atoms with van der Waals surface area (Å²) >= 11 is 0. The second-order valence-electron chi connectivity index (χ2n) is 5.31. The molecule has 0 bridgehead atoms. The molecule has 3 heteroatoms. The zero-order valence-electron chi connectivity index (χ0n) is 10.7. The molecule has 0 aromatic rings. The molecule has 1 aliphatic carbocycles. The predicted octanol–water partition coefficient (Wildman–Crippen LogP) is 2.06. The van der Waals surface area contributed by atoms with Crippen molar-refractivity contribution >= 4 is 5.91 Å². The van der Waals surface area contributed by atoms with E-state index in [2.05, 4.69) is 5.32 Å². The highest BCUT2D eigenvalue weighted by Gasteiger charge is 2.29. The number of carbonyl (C=O) groups excluding carboxylic acids is 1.